The van der Waals surface area contributed by atoms with Crippen molar-refractivity contribution in [1.29, 1.82) is 0 Å². The van der Waals surface area contributed by atoms with Crippen molar-refractivity contribution < 1.29 is 35.8 Å². The first-order chi connectivity index (χ1) is 16.5. The molecule has 0 radical (unpaired) electrons. The molecule has 2 aliphatic heterocycles. The molecule has 0 bridgehead atoms. The number of hydrogen-bond acceptors (Lipinski definition) is 4. The smallest absolute Gasteiger partial charge is 0.416 e. The van der Waals surface area contributed by atoms with Gasteiger partial charge < -0.3 is 14.8 Å². The normalized spacial score (nSPS) is 26.5. The predicted molar refractivity (Wildman–Crippen MR) is 123 cm³/mol. The minimum atomic E-state index is -4.92. The molecule has 0 aromatic heterocycles. The van der Waals surface area contributed by atoms with Crippen LogP contribution in [0.5, 0.6) is 0 Å². The lowest BCUT2D eigenvalue weighted by Gasteiger charge is -2.36. The fraction of sp³-hybridized carbons (Fsp3) is 0.520. The summed E-state index contributed by atoms with van der Waals surface area (Å²) < 4.78 is 92.0. The van der Waals surface area contributed by atoms with Crippen molar-refractivity contribution in [3.63, 3.8) is 0 Å². The first-order valence-electron chi connectivity index (χ1n) is 11.5. The SMILES string of the molecule is C[C@@H](O[C@H]1OC=CC(C2CSCCN2)=C1C1C=CCCC1)c1cc(C(F)(F)F)cc(C(F)(F)F)c1. The molecule has 2 unspecified atom stereocenters. The van der Waals surface area contributed by atoms with Crippen LogP contribution in [-0.4, -0.2) is 30.4 Å². The molecule has 1 aliphatic carbocycles. The van der Waals surface area contributed by atoms with E-state index in [1.807, 2.05) is 17.8 Å². The van der Waals surface area contributed by atoms with Crippen LogP contribution in [0.1, 0.15) is 49.0 Å². The van der Waals surface area contributed by atoms with Crippen LogP contribution in [0.2, 0.25) is 0 Å². The molecule has 1 aromatic rings. The van der Waals surface area contributed by atoms with Crippen LogP contribution in [0.15, 0.2) is 53.8 Å². The summed E-state index contributed by atoms with van der Waals surface area (Å²) in [7, 11) is 0. The van der Waals surface area contributed by atoms with E-state index in [-0.39, 0.29) is 23.6 Å². The Morgan fingerprint density at radius 2 is 1.80 bits per heavy atom. The van der Waals surface area contributed by atoms with Gasteiger partial charge in [-0.3, -0.25) is 0 Å². The fourth-order valence-corrected chi connectivity index (χ4v) is 5.58. The second kappa shape index (κ2) is 10.6. The minimum Gasteiger partial charge on any atom is -0.468 e. The van der Waals surface area contributed by atoms with Crippen molar-refractivity contribution in [2.75, 3.05) is 18.1 Å². The van der Waals surface area contributed by atoms with Gasteiger partial charge in [0, 0.05) is 35.6 Å². The van der Waals surface area contributed by atoms with Crippen LogP contribution in [0.3, 0.4) is 0 Å². The average molecular weight is 520 g/mol. The molecule has 2 heterocycles. The van der Waals surface area contributed by atoms with Crippen molar-refractivity contribution in [3.8, 4) is 0 Å². The molecule has 3 aliphatic rings. The number of nitrogens with one attached hydrogen (secondary N) is 1. The molecular formula is C25H27F6NO2S. The lowest BCUT2D eigenvalue weighted by Crippen LogP contribution is -2.41. The molecule has 1 saturated heterocycles. The van der Waals surface area contributed by atoms with E-state index in [1.54, 1.807) is 0 Å². The molecule has 35 heavy (non-hydrogen) atoms. The molecule has 192 valence electrons. The highest BCUT2D eigenvalue weighted by Gasteiger charge is 2.38. The second-order valence-electron chi connectivity index (χ2n) is 8.85. The van der Waals surface area contributed by atoms with Crippen LogP contribution in [0, 0.1) is 5.92 Å². The van der Waals surface area contributed by atoms with E-state index in [0.29, 0.717) is 12.1 Å². The Hall–Kier alpha value is -1.91. The van der Waals surface area contributed by atoms with Crippen molar-refractivity contribution in [2.45, 2.75) is 57.0 Å². The van der Waals surface area contributed by atoms with E-state index >= 15 is 0 Å². The van der Waals surface area contributed by atoms with E-state index in [4.69, 9.17) is 9.47 Å². The summed E-state index contributed by atoms with van der Waals surface area (Å²) in [6.07, 6.45) is -1.49. The van der Waals surface area contributed by atoms with Crippen LogP contribution in [0.4, 0.5) is 26.3 Å². The molecule has 1 aromatic carbocycles. The van der Waals surface area contributed by atoms with E-state index < -0.39 is 35.9 Å². The maximum atomic E-state index is 13.4. The largest absolute Gasteiger partial charge is 0.468 e. The van der Waals surface area contributed by atoms with Gasteiger partial charge >= 0.3 is 12.4 Å². The van der Waals surface area contributed by atoms with Gasteiger partial charge in [0.15, 0.2) is 0 Å². The summed E-state index contributed by atoms with van der Waals surface area (Å²) in [6, 6.07) is 1.61. The number of allylic oxidation sites excluding steroid dienone is 2. The first-order valence-corrected chi connectivity index (χ1v) is 12.7. The molecule has 0 saturated carbocycles. The van der Waals surface area contributed by atoms with Gasteiger partial charge in [-0.1, -0.05) is 12.2 Å². The summed E-state index contributed by atoms with van der Waals surface area (Å²) >= 11 is 1.82. The summed E-state index contributed by atoms with van der Waals surface area (Å²) in [5.74, 6) is 1.86. The molecule has 3 nitrogen and oxygen atoms in total. The number of halogens is 6. The third-order valence-corrected chi connectivity index (χ3v) is 7.46. The van der Waals surface area contributed by atoms with Gasteiger partial charge in [0.25, 0.3) is 0 Å². The lowest BCUT2D eigenvalue weighted by atomic mass is 9.83. The van der Waals surface area contributed by atoms with Gasteiger partial charge in [-0.15, -0.1) is 0 Å². The molecule has 4 rings (SSSR count). The summed E-state index contributed by atoms with van der Waals surface area (Å²) in [5.41, 5.74) is -1.05. The zero-order valence-electron chi connectivity index (χ0n) is 19.1. The quantitative estimate of drug-likeness (QED) is 0.334. The lowest BCUT2D eigenvalue weighted by molar-refractivity contribution is -0.143. The third-order valence-electron chi connectivity index (χ3n) is 6.40. The van der Waals surface area contributed by atoms with Gasteiger partial charge in [-0.25, -0.2) is 0 Å². The highest BCUT2D eigenvalue weighted by Crippen LogP contribution is 2.40. The molecule has 0 amide bonds. The number of alkyl halides is 6. The number of thioether (sulfide) groups is 1. The van der Waals surface area contributed by atoms with Crippen LogP contribution < -0.4 is 5.32 Å². The Balaban J connectivity index is 1.67. The van der Waals surface area contributed by atoms with Gasteiger partial charge in [-0.05, 0) is 61.6 Å². The second-order valence-corrected chi connectivity index (χ2v) is 10.00. The Morgan fingerprint density at radius 3 is 2.37 bits per heavy atom. The molecule has 1 N–H and O–H groups in total. The van der Waals surface area contributed by atoms with Gasteiger partial charge in [0.1, 0.15) is 0 Å². The minimum absolute atomic E-state index is 0.0156. The summed E-state index contributed by atoms with van der Waals surface area (Å²) in [4.78, 5) is 0. The maximum Gasteiger partial charge on any atom is 0.416 e. The van der Waals surface area contributed by atoms with Gasteiger partial charge in [0.05, 0.1) is 23.5 Å². The number of hydrogen-bond donors (Lipinski definition) is 1. The molecule has 4 atom stereocenters. The third kappa shape index (κ3) is 6.27. The zero-order chi connectivity index (χ0) is 25.2. The molecule has 1 fully saturated rings. The topological polar surface area (TPSA) is 30.5 Å². The predicted octanol–water partition coefficient (Wildman–Crippen LogP) is 7.03. The summed E-state index contributed by atoms with van der Waals surface area (Å²) in [5, 5.41) is 3.50. The van der Waals surface area contributed by atoms with Crippen molar-refractivity contribution >= 4 is 11.8 Å². The van der Waals surface area contributed by atoms with E-state index in [9.17, 15) is 26.3 Å². The number of ether oxygens (including phenoxy) is 2. The monoisotopic (exact) mass is 519 g/mol. The van der Waals surface area contributed by atoms with Gasteiger partial charge in [-0.2, -0.15) is 38.1 Å². The summed E-state index contributed by atoms with van der Waals surface area (Å²) in [6.45, 7) is 2.29. The Bertz CT molecular complexity index is 962. The van der Waals surface area contributed by atoms with Crippen LogP contribution in [0.25, 0.3) is 0 Å². The number of rotatable bonds is 5. The zero-order valence-corrected chi connectivity index (χ0v) is 19.9. The van der Waals surface area contributed by atoms with E-state index in [2.05, 4.69) is 17.5 Å². The molecular weight excluding hydrogens is 492 g/mol. The van der Waals surface area contributed by atoms with E-state index in [0.717, 1.165) is 48.5 Å². The average Bonchev–Trinajstić information content (AvgIpc) is 2.83. The highest BCUT2D eigenvalue weighted by atomic mass is 32.2. The number of benzene rings is 1. The van der Waals surface area contributed by atoms with Crippen LogP contribution >= 0.6 is 11.8 Å². The van der Waals surface area contributed by atoms with Crippen molar-refractivity contribution in [3.05, 3.63) is 70.5 Å². The van der Waals surface area contributed by atoms with Crippen molar-refractivity contribution in [2.24, 2.45) is 5.92 Å². The standard InChI is InChI=1S/C25H27F6NO2S/c1-15(17-11-18(24(26,27)28)13-19(12-17)25(29,30)31)34-23-22(16-5-3-2-4-6-16)20(7-9-33-23)21-14-35-10-8-32-21/h3,5,7,9,11-13,15-16,21,23,32H,2,4,6,8,10,14H2,1H3/t15-,16?,21?,23-/m1/s1. The van der Waals surface area contributed by atoms with E-state index in [1.165, 1.54) is 13.2 Å². The Labute approximate surface area is 204 Å². The maximum absolute atomic E-state index is 13.4. The van der Waals surface area contributed by atoms with Crippen molar-refractivity contribution in [1.82, 2.24) is 5.32 Å². The molecule has 10 heteroatoms. The highest BCUT2D eigenvalue weighted by molar-refractivity contribution is 7.99. The Kier molecular flexibility index (Phi) is 7.92. The molecule has 0 spiro atoms. The van der Waals surface area contributed by atoms with Gasteiger partial charge in [0.2, 0.25) is 6.29 Å². The fourth-order valence-electron chi connectivity index (χ4n) is 4.62. The van der Waals surface area contributed by atoms with Crippen LogP contribution in [-0.2, 0) is 21.8 Å². The first kappa shape index (κ1) is 26.2. The Morgan fingerprint density at radius 1 is 1.09 bits per heavy atom.